The number of carbonyl (C=O) groups is 1. The third kappa shape index (κ3) is 3.05. The first-order chi connectivity index (χ1) is 8.58. The van der Waals surface area contributed by atoms with Crippen LogP contribution in [-0.2, 0) is 6.54 Å². The molecule has 94 valence electrons. The van der Waals surface area contributed by atoms with Crippen LogP contribution in [0.5, 0.6) is 0 Å². The van der Waals surface area contributed by atoms with Crippen molar-refractivity contribution in [1.82, 2.24) is 4.90 Å². The van der Waals surface area contributed by atoms with Gasteiger partial charge in [-0.1, -0.05) is 11.6 Å². The molecule has 0 saturated heterocycles. The third-order valence-electron chi connectivity index (χ3n) is 2.49. The second kappa shape index (κ2) is 5.75. The quantitative estimate of drug-likeness (QED) is 0.765. The standard InChI is InChI=1S/C13H11ClINO2/c1-16(8-10-3-2-6-18-10)13(17)9-4-5-11(14)12(15)7-9/h2-7H,8H2,1H3. The van der Waals surface area contributed by atoms with Gasteiger partial charge in [0.1, 0.15) is 5.76 Å². The van der Waals surface area contributed by atoms with Crippen LogP contribution in [0.1, 0.15) is 16.1 Å². The van der Waals surface area contributed by atoms with Crippen LogP contribution < -0.4 is 0 Å². The van der Waals surface area contributed by atoms with Gasteiger partial charge in [0.15, 0.2) is 0 Å². The lowest BCUT2D eigenvalue weighted by Crippen LogP contribution is -2.26. The Balaban J connectivity index is 2.12. The lowest BCUT2D eigenvalue weighted by atomic mass is 10.2. The van der Waals surface area contributed by atoms with Crippen molar-refractivity contribution in [3.63, 3.8) is 0 Å². The van der Waals surface area contributed by atoms with E-state index in [-0.39, 0.29) is 5.91 Å². The Kier molecular flexibility index (Phi) is 4.29. The van der Waals surface area contributed by atoms with E-state index in [1.807, 2.05) is 6.07 Å². The highest BCUT2D eigenvalue weighted by atomic mass is 127. The molecule has 0 N–H and O–H groups in total. The summed E-state index contributed by atoms with van der Waals surface area (Å²) in [5.74, 6) is 0.704. The van der Waals surface area contributed by atoms with Gasteiger partial charge in [-0.2, -0.15) is 0 Å². The Morgan fingerprint density at radius 1 is 1.44 bits per heavy atom. The Morgan fingerprint density at radius 2 is 2.22 bits per heavy atom. The fraction of sp³-hybridized carbons (Fsp3) is 0.154. The molecule has 1 aromatic carbocycles. The predicted molar refractivity (Wildman–Crippen MR) is 78.7 cm³/mol. The molecule has 0 aliphatic carbocycles. The van der Waals surface area contributed by atoms with Crippen LogP contribution in [0.2, 0.25) is 5.02 Å². The number of amides is 1. The van der Waals surface area contributed by atoms with Gasteiger partial charge in [0, 0.05) is 16.2 Å². The summed E-state index contributed by atoms with van der Waals surface area (Å²) < 4.78 is 6.08. The average Bonchev–Trinajstić information content (AvgIpc) is 2.84. The number of benzene rings is 1. The van der Waals surface area contributed by atoms with E-state index < -0.39 is 0 Å². The maximum atomic E-state index is 12.2. The van der Waals surface area contributed by atoms with Crippen LogP contribution in [0.4, 0.5) is 0 Å². The molecule has 2 aromatic rings. The van der Waals surface area contributed by atoms with Gasteiger partial charge in [0.2, 0.25) is 0 Å². The first kappa shape index (κ1) is 13.4. The Labute approximate surface area is 124 Å². The van der Waals surface area contributed by atoms with Gasteiger partial charge in [-0.3, -0.25) is 4.79 Å². The lowest BCUT2D eigenvalue weighted by molar-refractivity contribution is 0.0775. The third-order valence-corrected chi connectivity index (χ3v) is 4.03. The first-order valence-electron chi connectivity index (χ1n) is 5.31. The maximum Gasteiger partial charge on any atom is 0.254 e. The molecular formula is C13H11ClINO2. The van der Waals surface area contributed by atoms with E-state index in [2.05, 4.69) is 22.6 Å². The van der Waals surface area contributed by atoms with Crippen molar-refractivity contribution in [2.45, 2.75) is 6.54 Å². The van der Waals surface area contributed by atoms with E-state index in [9.17, 15) is 4.79 Å². The van der Waals surface area contributed by atoms with Crippen LogP contribution in [0.3, 0.4) is 0 Å². The van der Waals surface area contributed by atoms with E-state index in [4.69, 9.17) is 16.0 Å². The molecule has 2 rings (SSSR count). The van der Waals surface area contributed by atoms with E-state index in [0.29, 0.717) is 17.1 Å². The largest absolute Gasteiger partial charge is 0.467 e. The summed E-state index contributed by atoms with van der Waals surface area (Å²) >= 11 is 8.04. The zero-order valence-electron chi connectivity index (χ0n) is 9.69. The molecule has 0 spiro atoms. The molecule has 0 atom stereocenters. The maximum absolute atomic E-state index is 12.2. The molecule has 0 radical (unpaired) electrons. The Hall–Kier alpha value is -1.01. The number of furan rings is 1. The fourth-order valence-corrected chi connectivity index (χ4v) is 2.19. The fourth-order valence-electron chi connectivity index (χ4n) is 1.56. The molecule has 1 amide bonds. The van der Waals surface area contributed by atoms with Crippen molar-refractivity contribution in [1.29, 1.82) is 0 Å². The van der Waals surface area contributed by atoms with E-state index in [1.165, 1.54) is 0 Å². The van der Waals surface area contributed by atoms with Gasteiger partial charge >= 0.3 is 0 Å². The monoisotopic (exact) mass is 375 g/mol. The minimum absolute atomic E-state index is 0.0546. The summed E-state index contributed by atoms with van der Waals surface area (Å²) in [5, 5.41) is 0.654. The number of hydrogen-bond acceptors (Lipinski definition) is 2. The molecule has 0 aliphatic rings. The van der Waals surface area contributed by atoms with Crippen LogP contribution in [0.25, 0.3) is 0 Å². The highest BCUT2D eigenvalue weighted by Gasteiger charge is 2.14. The van der Waals surface area contributed by atoms with Crippen molar-refractivity contribution in [3.8, 4) is 0 Å². The van der Waals surface area contributed by atoms with Gasteiger partial charge in [0.05, 0.1) is 17.8 Å². The highest BCUT2D eigenvalue weighted by molar-refractivity contribution is 14.1. The first-order valence-corrected chi connectivity index (χ1v) is 6.76. The van der Waals surface area contributed by atoms with E-state index >= 15 is 0 Å². The zero-order valence-corrected chi connectivity index (χ0v) is 12.6. The smallest absolute Gasteiger partial charge is 0.254 e. The Bertz CT molecular complexity index is 554. The number of rotatable bonds is 3. The molecule has 1 heterocycles. The van der Waals surface area contributed by atoms with Crippen molar-refractivity contribution >= 4 is 40.1 Å². The molecule has 5 heteroatoms. The predicted octanol–water partition coefficient (Wildman–Crippen LogP) is 3.81. The van der Waals surface area contributed by atoms with E-state index in [1.54, 1.807) is 42.5 Å². The highest BCUT2D eigenvalue weighted by Crippen LogP contribution is 2.20. The number of hydrogen-bond donors (Lipinski definition) is 0. The second-order valence-corrected chi connectivity index (χ2v) is 5.44. The number of halogens is 2. The molecule has 0 aliphatic heterocycles. The van der Waals surface area contributed by atoms with Crippen LogP contribution in [0.15, 0.2) is 41.0 Å². The van der Waals surface area contributed by atoms with E-state index in [0.717, 1.165) is 9.33 Å². The summed E-state index contributed by atoms with van der Waals surface area (Å²) in [6.07, 6.45) is 1.60. The van der Waals surface area contributed by atoms with Gasteiger partial charge in [-0.25, -0.2) is 0 Å². The van der Waals surface area contributed by atoms with Crippen LogP contribution in [0, 0.1) is 3.57 Å². The van der Waals surface area contributed by atoms with Crippen molar-refractivity contribution in [2.24, 2.45) is 0 Å². The summed E-state index contributed by atoms with van der Waals surface area (Å²) in [6.45, 7) is 0.449. The summed E-state index contributed by atoms with van der Waals surface area (Å²) in [6, 6.07) is 8.89. The molecule has 1 aromatic heterocycles. The molecular weight excluding hydrogens is 365 g/mol. The molecule has 0 bridgehead atoms. The second-order valence-electron chi connectivity index (χ2n) is 3.87. The van der Waals surface area contributed by atoms with Gasteiger partial charge in [-0.15, -0.1) is 0 Å². The van der Waals surface area contributed by atoms with Gasteiger partial charge in [0.25, 0.3) is 5.91 Å². The van der Waals surface area contributed by atoms with Crippen LogP contribution in [-0.4, -0.2) is 17.9 Å². The topological polar surface area (TPSA) is 33.5 Å². The molecule has 0 unspecified atom stereocenters. The van der Waals surface area contributed by atoms with Crippen molar-refractivity contribution in [2.75, 3.05) is 7.05 Å². The summed E-state index contributed by atoms with van der Waals surface area (Å²) in [5.41, 5.74) is 0.623. The number of carbonyl (C=O) groups excluding carboxylic acids is 1. The zero-order chi connectivity index (χ0) is 13.1. The summed E-state index contributed by atoms with van der Waals surface area (Å²) in [4.78, 5) is 13.8. The average molecular weight is 376 g/mol. The molecule has 0 saturated carbocycles. The minimum Gasteiger partial charge on any atom is -0.467 e. The minimum atomic E-state index is -0.0546. The van der Waals surface area contributed by atoms with Crippen LogP contribution >= 0.6 is 34.2 Å². The molecule has 3 nitrogen and oxygen atoms in total. The van der Waals surface area contributed by atoms with Crippen molar-refractivity contribution < 1.29 is 9.21 Å². The molecule has 18 heavy (non-hydrogen) atoms. The Morgan fingerprint density at radius 3 is 2.83 bits per heavy atom. The summed E-state index contributed by atoms with van der Waals surface area (Å²) in [7, 11) is 1.74. The SMILES string of the molecule is CN(Cc1ccco1)C(=O)c1ccc(Cl)c(I)c1. The lowest BCUT2D eigenvalue weighted by Gasteiger charge is -2.16. The van der Waals surface area contributed by atoms with Gasteiger partial charge < -0.3 is 9.32 Å². The van der Waals surface area contributed by atoms with Gasteiger partial charge in [-0.05, 0) is 52.9 Å². The number of nitrogens with zero attached hydrogens (tertiary/aromatic N) is 1. The van der Waals surface area contributed by atoms with Crippen molar-refractivity contribution in [3.05, 3.63) is 56.5 Å². The normalized spacial score (nSPS) is 10.4. The molecule has 0 fully saturated rings.